The highest BCUT2D eigenvalue weighted by atomic mass is 79.9. The molecule has 1 aromatic rings. The first kappa shape index (κ1) is 15.1. The lowest BCUT2D eigenvalue weighted by Gasteiger charge is -2.28. The summed E-state index contributed by atoms with van der Waals surface area (Å²) in [6.07, 6.45) is 0.183. The van der Waals surface area contributed by atoms with Crippen molar-refractivity contribution in [2.75, 3.05) is 19.4 Å². The number of anilines is 1. The Kier molecular flexibility index (Phi) is 4.82. The van der Waals surface area contributed by atoms with Gasteiger partial charge in [0.1, 0.15) is 5.25 Å². The van der Waals surface area contributed by atoms with E-state index in [0.717, 1.165) is 4.47 Å². The molecule has 0 aliphatic carbocycles. The summed E-state index contributed by atoms with van der Waals surface area (Å²) < 4.78 is 0.944. The largest absolute Gasteiger partial charge is 0.325 e. The van der Waals surface area contributed by atoms with Crippen LogP contribution in [0.2, 0.25) is 0 Å². The summed E-state index contributed by atoms with van der Waals surface area (Å²) in [6.45, 7) is 0. The standard InChI is InChI=1S/C13H14BrN3O2S/c1-15-13-17(2)11(18)7-10(20-13)12(19)16-9-5-3-8(14)4-6-9/h3-6,10H,7H2,1-2H3,(H,16,19)/t10-/m0/s1. The number of amides is 2. The Labute approximate surface area is 129 Å². The fourth-order valence-corrected chi connectivity index (χ4v) is 3.03. The molecule has 20 heavy (non-hydrogen) atoms. The predicted octanol–water partition coefficient (Wildman–Crippen LogP) is 2.34. The van der Waals surface area contributed by atoms with Crippen LogP contribution in [0.5, 0.6) is 0 Å². The Morgan fingerprint density at radius 1 is 1.45 bits per heavy atom. The molecule has 1 N–H and O–H groups in total. The molecule has 1 aromatic carbocycles. The molecule has 2 amide bonds. The maximum absolute atomic E-state index is 12.2. The predicted molar refractivity (Wildman–Crippen MR) is 84.9 cm³/mol. The van der Waals surface area contributed by atoms with Crippen LogP contribution in [-0.4, -0.2) is 41.2 Å². The molecule has 5 nitrogen and oxygen atoms in total. The van der Waals surface area contributed by atoms with Gasteiger partial charge < -0.3 is 5.32 Å². The van der Waals surface area contributed by atoms with E-state index in [0.29, 0.717) is 10.9 Å². The van der Waals surface area contributed by atoms with E-state index in [1.807, 2.05) is 12.1 Å². The molecule has 1 fully saturated rings. The lowest BCUT2D eigenvalue weighted by molar-refractivity contribution is -0.128. The second-order valence-electron chi connectivity index (χ2n) is 4.27. The summed E-state index contributed by atoms with van der Waals surface area (Å²) in [5.74, 6) is -0.278. The molecule has 0 spiro atoms. The first-order valence-electron chi connectivity index (χ1n) is 5.97. The van der Waals surface area contributed by atoms with E-state index in [1.54, 1.807) is 26.2 Å². The first-order chi connectivity index (χ1) is 9.51. The van der Waals surface area contributed by atoms with Crippen LogP contribution in [0.1, 0.15) is 6.42 Å². The van der Waals surface area contributed by atoms with E-state index >= 15 is 0 Å². The van der Waals surface area contributed by atoms with Gasteiger partial charge in [-0.25, -0.2) is 0 Å². The highest BCUT2D eigenvalue weighted by Gasteiger charge is 2.33. The minimum Gasteiger partial charge on any atom is -0.325 e. The number of thioether (sulfide) groups is 1. The zero-order valence-corrected chi connectivity index (χ0v) is 13.5. The molecule has 2 rings (SSSR count). The van der Waals surface area contributed by atoms with Crippen LogP contribution in [0, 0.1) is 0 Å². The third-order valence-corrected chi connectivity index (χ3v) is 4.73. The van der Waals surface area contributed by atoms with Gasteiger partial charge in [0, 0.05) is 30.7 Å². The van der Waals surface area contributed by atoms with Gasteiger partial charge in [-0.1, -0.05) is 27.7 Å². The van der Waals surface area contributed by atoms with E-state index in [4.69, 9.17) is 0 Å². The minimum atomic E-state index is -0.443. The third kappa shape index (κ3) is 3.40. The number of halogens is 1. The van der Waals surface area contributed by atoms with Crippen molar-refractivity contribution in [1.82, 2.24) is 4.90 Å². The average molecular weight is 356 g/mol. The van der Waals surface area contributed by atoms with Crippen molar-refractivity contribution < 1.29 is 9.59 Å². The molecule has 1 atom stereocenters. The Bertz CT molecular complexity index is 559. The highest BCUT2D eigenvalue weighted by Crippen LogP contribution is 2.26. The molecule has 0 bridgehead atoms. The first-order valence-corrected chi connectivity index (χ1v) is 7.65. The quantitative estimate of drug-likeness (QED) is 0.885. The zero-order chi connectivity index (χ0) is 14.7. The Balaban J connectivity index is 2.06. The molecule has 0 unspecified atom stereocenters. The van der Waals surface area contributed by atoms with Crippen molar-refractivity contribution >= 4 is 50.4 Å². The number of carbonyl (C=O) groups excluding carboxylic acids is 2. The minimum absolute atomic E-state index is 0.0969. The molecule has 0 saturated carbocycles. The number of hydrogen-bond acceptors (Lipinski definition) is 4. The number of hydrogen-bond donors (Lipinski definition) is 1. The van der Waals surface area contributed by atoms with E-state index in [-0.39, 0.29) is 18.2 Å². The summed E-state index contributed by atoms with van der Waals surface area (Å²) in [6, 6.07) is 7.31. The summed E-state index contributed by atoms with van der Waals surface area (Å²) in [4.78, 5) is 29.5. The van der Waals surface area contributed by atoms with Crippen LogP contribution in [0.4, 0.5) is 5.69 Å². The molecular formula is C13H14BrN3O2S. The number of aliphatic imine (C=N–C) groups is 1. The number of nitrogens with one attached hydrogen (secondary N) is 1. The van der Waals surface area contributed by atoms with Gasteiger partial charge in [0.15, 0.2) is 5.17 Å². The van der Waals surface area contributed by atoms with Crippen molar-refractivity contribution in [3.8, 4) is 0 Å². The zero-order valence-electron chi connectivity index (χ0n) is 11.1. The van der Waals surface area contributed by atoms with Crippen molar-refractivity contribution in [2.45, 2.75) is 11.7 Å². The van der Waals surface area contributed by atoms with Crippen LogP contribution in [0.15, 0.2) is 33.7 Å². The maximum atomic E-state index is 12.2. The van der Waals surface area contributed by atoms with Crippen LogP contribution in [0.3, 0.4) is 0 Å². The van der Waals surface area contributed by atoms with Gasteiger partial charge >= 0.3 is 0 Å². The fraction of sp³-hybridized carbons (Fsp3) is 0.308. The number of rotatable bonds is 2. The van der Waals surface area contributed by atoms with E-state index in [9.17, 15) is 9.59 Å². The summed E-state index contributed by atoms with van der Waals surface area (Å²) in [5.41, 5.74) is 0.708. The van der Waals surface area contributed by atoms with Crippen LogP contribution >= 0.6 is 27.7 Å². The maximum Gasteiger partial charge on any atom is 0.238 e. The highest BCUT2D eigenvalue weighted by molar-refractivity contribution is 9.10. The summed E-state index contributed by atoms with van der Waals surface area (Å²) in [7, 11) is 3.28. The fourth-order valence-electron chi connectivity index (χ4n) is 1.76. The molecule has 1 saturated heterocycles. The number of carbonyl (C=O) groups is 2. The van der Waals surface area contributed by atoms with Crippen molar-refractivity contribution in [1.29, 1.82) is 0 Å². The number of benzene rings is 1. The second-order valence-corrected chi connectivity index (χ2v) is 6.35. The SMILES string of the molecule is CN=C1S[C@H](C(=O)Nc2ccc(Br)cc2)CC(=O)N1C. The van der Waals surface area contributed by atoms with Gasteiger partial charge in [-0.3, -0.25) is 19.5 Å². The van der Waals surface area contributed by atoms with Crippen molar-refractivity contribution in [2.24, 2.45) is 4.99 Å². The molecule has 1 aliphatic heterocycles. The molecule has 1 aliphatic rings. The van der Waals surface area contributed by atoms with E-state index in [2.05, 4.69) is 26.2 Å². The molecule has 0 aromatic heterocycles. The number of amidine groups is 1. The Morgan fingerprint density at radius 2 is 2.10 bits per heavy atom. The third-order valence-electron chi connectivity index (χ3n) is 2.86. The van der Waals surface area contributed by atoms with E-state index < -0.39 is 5.25 Å². The molecule has 1 heterocycles. The lowest BCUT2D eigenvalue weighted by Crippen LogP contribution is -2.43. The molecule has 106 valence electrons. The average Bonchev–Trinajstić information content (AvgIpc) is 2.44. The number of nitrogens with zero attached hydrogens (tertiary/aromatic N) is 2. The molecule has 7 heteroatoms. The van der Waals surface area contributed by atoms with Crippen molar-refractivity contribution in [3.05, 3.63) is 28.7 Å². The Hall–Kier alpha value is -1.34. The van der Waals surface area contributed by atoms with Gasteiger partial charge in [0.05, 0.1) is 0 Å². The van der Waals surface area contributed by atoms with Crippen LogP contribution in [-0.2, 0) is 9.59 Å². The topological polar surface area (TPSA) is 61.8 Å². The van der Waals surface area contributed by atoms with Gasteiger partial charge in [0.25, 0.3) is 0 Å². The second kappa shape index (κ2) is 6.41. The molecular weight excluding hydrogens is 342 g/mol. The summed E-state index contributed by atoms with van der Waals surface area (Å²) >= 11 is 4.64. The van der Waals surface area contributed by atoms with Gasteiger partial charge in [-0.2, -0.15) is 0 Å². The lowest BCUT2D eigenvalue weighted by atomic mass is 10.2. The van der Waals surface area contributed by atoms with Crippen LogP contribution < -0.4 is 5.32 Å². The smallest absolute Gasteiger partial charge is 0.238 e. The van der Waals surface area contributed by atoms with Crippen LogP contribution in [0.25, 0.3) is 0 Å². The van der Waals surface area contributed by atoms with E-state index in [1.165, 1.54) is 16.7 Å². The van der Waals surface area contributed by atoms with Gasteiger partial charge in [0.2, 0.25) is 11.8 Å². The Morgan fingerprint density at radius 3 is 2.70 bits per heavy atom. The van der Waals surface area contributed by atoms with Crippen molar-refractivity contribution in [3.63, 3.8) is 0 Å². The normalized spacial score (nSPS) is 21.1. The monoisotopic (exact) mass is 355 g/mol. The van der Waals surface area contributed by atoms with Gasteiger partial charge in [-0.15, -0.1) is 0 Å². The van der Waals surface area contributed by atoms with Gasteiger partial charge in [-0.05, 0) is 24.3 Å². The summed E-state index contributed by atoms with van der Waals surface area (Å²) in [5, 5.41) is 2.94. The molecule has 0 radical (unpaired) electrons.